The minimum absolute atomic E-state index is 0.217. The van der Waals surface area contributed by atoms with Gasteiger partial charge in [0.15, 0.2) is 0 Å². The minimum atomic E-state index is 0.217. The number of thioether (sulfide) groups is 1. The highest BCUT2D eigenvalue weighted by Crippen LogP contribution is 2.17. The Kier molecular flexibility index (Phi) is 5.00. The summed E-state index contributed by atoms with van der Waals surface area (Å²) < 4.78 is 4.78. The molecule has 1 aromatic carbocycles. The zero-order chi connectivity index (χ0) is 15.2. The van der Waals surface area contributed by atoms with Gasteiger partial charge in [-0.3, -0.25) is 4.79 Å². The van der Waals surface area contributed by atoms with E-state index in [-0.39, 0.29) is 5.91 Å². The third kappa shape index (κ3) is 3.82. The fourth-order valence-corrected chi connectivity index (χ4v) is 3.34. The van der Waals surface area contributed by atoms with Gasteiger partial charge in [0, 0.05) is 43.2 Å². The largest absolute Gasteiger partial charge is 0.368 e. The molecule has 1 saturated heterocycles. The molecule has 116 valence electrons. The van der Waals surface area contributed by atoms with Gasteiger partial charge < -0.3 is 14.3 Å². The first kappa shape index (κ1) is 15.0. The SMILES string of the molecule is O=C(CSCc1cnoc1)N1CCN(c2ccccc2)CC1. The minimum Gasteiger partial charge on any atom is -0.368 e. The van der Waals surface area contributed by atoms with E-state index in [9.17, 15) is 4.79 Å². The number of aromatic nitrogens is 1. The summed E-state index contributed by atoms with van der Waals surface area (Å²) in [5.41, 5.74) is 2.25. The first-order chi connectivity index (χ1) is 10.8. The Morgan fingerprint density at radius 3 is 2.64 bits per heavy atom. The van der Waals surface area contributed by atoms with Crippen LogP contribution in [0.1, 0.15) is 5.56 Å². The maximum atomic E-state index is 12.2. The zero-order valence-corrected chi connectivity index (χ0v) is 13.2. The smallest absolute Gasteiger partial charge is 0.232 e. The van der Waals surface area contributed by atoms with Crippen LogP contribution in [0.4, 0.5) is 5.69 Å². The number of benzene rings is 1. The Bertz CT molecular complexity index is 581. The van der Waals surface area contributed by atoms with Crippen LogP contribution in [0.2, 0.25) is 0 Å². The molecule has 0 radical (unpaired) electrons. The van der Waals surface area contributed by atoms with Gasteiger partial charge in [0.2, 0.25) is 5.91 Å². The van der Waals surface area contributed by atoms with Crippen molar-refractivity contribution < 1.29 is 9.32 Å². The van der Waals surface area contributed by atoms with Crippen LogP contribution in [0.15, 0.2) is 47.3 Å². The summed E-state index contributed by atoms with van der Waals surface area (Å²) in [6.07, 6.45) is 3.31. The quantitative estimate of drug-likeness (QED) is 0.846. The number of carbonyl (C=O) groups excluding carboxylic acids is 1. The molecule has 0 aliphatic carbocycles. The Morgan fingerprint density at radius 2 is 1.95 bits per heavy atom. The highest BCUT2D eigenvalue weighted by molar-refractivity contribution is 7.99. The first-order valence-electron chi connectivity index (χ1n) is 7.37. The Morgan fingerprint density at radius 1 is 1.18 bits per heavy atom. The lowest BCUT2D eigenvalue weighted by molar-refractivity contribution is -0.128. The molecule has 0 atom stereocenters. The van der Waals surface area contributed by atoms with Crippen molar-refractivity contribution in [2.45, 2.75) is 5.75 Å². The molecule has 6 heteroatoms. The van der Waals surface area contributed by atoms with Crippen molar-refractivity contribution in [1.29, 1.82) is 0 Å². The molecule has 1 amide bonds. The molecule has 22 heavy (non-hydrogen) atoms. The molecule has 0 unspecified atom stereocenters. The normalized spacial score (nSPS) is 15.1. The lowest BCUT2D eigenvalue weighted by Gasteiger charge is -2.36. The molecule has 0 saturated carbocycles. The van der Waals surface area contributed by atoms with Gasteiger partial charge in [0.1, 0.15) is 6.26 Å². The predicted octanol–water partition coefficient (Wildman–Crippen LogP) is 2.26. The fraction of sp³-hybridized carbons (Fsp3) is 0.375. The first-order valence-corrected chi connectivity index (χ1v) is 8.52. The molecule has 5 nitrogen and oxygen atoms in total. The number of hydrogen-bond acceptors (Lipinski definition) is 5. The lowest BCUT2D eigenvalue weighted by Crippen LogP contribution is -2.49. The molecule has 1 fully saturated rings. The molecule has 0 N–H and O–H groups in total. The van der Waals surface area contributed by atoms with Crippen LogP contribution in [0.3, 0.4) is 0 Å². The van der Waals surface area contributed by atoms with Crippen LogP contribution < -0.4 is 4.90 Å². The van der Waals surface area contributed by atoms with Crippen molar-refractivity contribution in [3.05, 3.63) is 48.4 Å². The van der Waals surface area contributed by atoms with Crippen LogP contribution in [-0.2, 0) is 10.5 Å². The molecule has 1 aliphatic heterocycles. The van der Waals surface area contributed by atoms with Gasteiger partial charge in [-0.15, -0.1) is 11.8 Å². The molecule has 3 rings (SSSR count). The monoisotopic (exact) mass is 317 g/mol. The summed E-state index contributed by atoms with van der Waals surface area (Å²) in [6.45, 7) is 3.38. The van der Waals surface area contributed by atoms with Crippen molar-refractivity contribution in [3.8, 4) is 0 Å². The van der Waals surface area contributed by atoms with E-state index >= 15 is 0 Å². The van der Waals surface area contributed by atoms with Crippen molar-refractivity contribution in [3.63, 3.8) is 0 Å². The number of piperazine rings is 1. The third-order valence-electron chi connectivity index (χ3n) is 3.73. The number of anilines is 1. The van der Waals surface area contributed by atoms with Crippen LogP contribution >= 0.6 is 11.8 Å². The molecule has 2 heterocycles. The predicted molar refractivity (Wildman–Crippen MR) is 87.9 cm³/mol. The summed E-state index contributed by atoms with van der Waals surface area (Å²) in [5.74, 6) is 1.49. The topological polar surface area (TPSA) is 49.6 Å². The summed E-state index contributed by atoms with van der Waals surface area (Å²) in [6, 6.07) is 10.4. The van der Waals surface area contributed by atoms with Crippen molar-refractivity contribution in [1.82, 2.24) is 10.1 Å². The zero-order valence-electron chi connectivity index (χ0n) is 12.4. The summed E-state index contributed by atoms with van der Waals surface area (Å²) in [7, 11) is 0. The van der Waals surface area contributed by atoms with Gasteiger partial charge >= 0.3 is 0 Å². The molecule has 2 aromatic rings. The molecular formula is C16H19N3O2S. The summed E-state index contributed by atoms with van der Waals surface area (Å²) in [4.78, 5) is 16.5. The van der Waals surface area contributed by atoms with Gasteiger partial charge in [0.05, 0.1) is 11.9 Å². The van der Waals surface area contributed by atoms with Crippen molar-refractivity contribution >= 4 is 23.4 Å². The van der Waals surface area contributed by atoms with Gasteiger partial charge in [-0.2, -0.15) is 0 Å². The van der Waals surface area contributed by atoms with Gasteiger partial charge in [0.25, 0.3) is 0 Å². The Hall–Kier alpha value is -1.95. The van der Waals surface area contributed by atoms with E-state index in [1.54, 1.807) is 24.2 Å². The molecule has 1 aliphatic rings. The number of nitrogens with zero attached hydrogens (tertiary/aromatic N) is 3. The Labute approximate surface area is 134 Å². The second-order valence-corrected chi connectivity index (χ2v) is 6.21. The van der Waals surface area contributed by atoms with E-state index in [1.807, 2.05) is 23.1 Å². The average molecular weight is 317 g/mol. The van der Waals surface area contributed by atoms with Crippen LogP contribution in [0.5, 0.6) is 0 Å². The molecule has 0 bridgehead atoms. The maximum Gasteiger partial charge on any atom is 0.232 e. The van der Waals surface area contributed by atoms with E-state index in [0.29, 0.717) is 5.75 Å². The van der Waals surface area contributed by atoms with E-state index < -0.39 is 0 Å². The van der Waals surface area contributed by atoms with Gasteiger partial charge in [-0.05, 0) is 12.1 Å². The van der Waals surface area contributed by atoms with Crippen LogP contribution in [0.25, 0.3) is 0 Å². The molecule has 0 spiro atoms. The third-order valence-corrected chi connectivity index (χ3v) is 4.72. The number of rotatable bonds is 5. The highest BCUT2D eigenvalue weighted by atomic mass is 32.2. The summed E-state index contributed by atoms with van der Waals surface area (Å²) in [5, 5.41) is 3.66. The van der Waals surface area contributed by atoms with Crippen molar-refractivity contribution in [2.75, 3.05) is 36.8 Å². The summed E-state index contributed by atoms with van der Waals surface area (Å²) >= 11 is 1.61. The average Bonchev–Trinajstić information content (AvgIpc) is 3.09. The maximum absolute atomic E-state index is 12.2. The highest BCUT2D eigenvalue weighted by Gasteiger charge is 2.20. The van der Waals surface area contributed by atoms with E-state index in [1.165, 1.54) is 5.69 Å². The second kappa shape index (κ2) is 7.35. The number of para-hydroxylation sites is 1. The number of amides is 1. The fourth-order valence-electron chi connectivity index (χ4n) is 2.50. The van der Waals surface area contributed by atoms with E-state index in [2.05, 4.69) is 22.2 Å². The standard InChI is InChI=1S/C16H19N3O2S/c20-16(13-22-12-14-10-17-21-11-14)19-8-6-18(7-9-19)15-4-2-1-3-5-15/h1-5,10-11H,6-9,12-13H2. The number of carbonyl (C=O) groups is 1. The molecular weight excluding hydrogens is 298 g/mol. The van der Waals surface area contributed by atoms with Crippen molar-refractivity contribution in [2.24, 2.45) is 0 Å². The van der Waals surface area contributed by atoms with Crippen LogP contribution in [-0.4, -0.2) is 47.9 Å². The van der Waals surface area contributed by atoms with E-state index in [4.69, 9.17) is 4.52 Å². The van der Waals surface area contributed by atoms with Crippen LogP contribution in [0, 0.1) is 0 Å². The molecule has 1 aromatic heterocycles. The van der Waals surface area contributed by atoms with Gasteiger partial charge in [-0.25, -0.2) is 0 Å². The van der Waals surface area contributed by atoms with Gasteiger partial charge in [-0.1, -0.05) is 23.4 Å². The Balaban J connectivity index is 1.42. The van der Waals surface area contributed by atoms with E-state index in [0.717, 1.165) is 37.5 Å². The lowest BCUT2D eigenvalue weighted by atomic mass is 10.2. The number of hydrogen-bond donors (Lipinski definition) is 0. The second-order valence-electron chi connectivity index (χ2n) is 5.23.